The summed E-state index contributed by atoms with van der Waals surface area (Å²) in [5, 5.41) is 8.32. The molecule has 0 aromatic heterocycles. The molecule has 0 spiro atoms. The highest BCUT2D eigenvalue weighted by Gasteiger charge is 2.20. The van der Waals surface area contributed by atoms with Crippen molar-refractivity contribution in [3.63, 3.8) is 0 Å². The molecule has 27 heavy (non-hydrogen) atoms. The van der Waals surface area contributed by atoms with Gasteiger partial charge in [0, 0.05) is 0 Å². The van der Waals surface area contributed by atoms with Crippen molar-refractivity contribution in [2.75, 3.05) is 0 Å². The standard InChI is InChI=1S/C23H28F3N/c24-21(17-27)9-3-1-2-6-18-10-12-19(13-11-18)7-4-5-8-20-14-15-22(25)23(26)16-20/h1,3,9,14-16,18-19H,2,4-8,10-13H2/b3-1+,21-9-/t18-,19-. The number of benzene rings is 1. The molecule has 0 radical (unpaired) electrons. The molecule has 1 aromatic rings. The molecular weight excluding hydrogens is 347 g/mol. The molecule has 146 valence electrons. The fourth-order valence-electron chi connectivity index (χ4n) is 3.88. The molecule has 0 heterocycles. The van der Waals surface area contributed by atoms with Crippen LogP contribution in [0.25, 0.3) is 0 Å². The van der Waals surface area contributed by atoms with Gasteiger partial charge >= 0.3 is 0 Å². The number of allylic oxidation sites excluding steroid dienone is 4. The Morgan fingerprint density at radius 1 is 1.04 bits per heavy atom. The Balaban J connectivity index is 1.55. The van der Waals surface area contributed by atoms with Crippen molar-refractivity contribution in [3.05, 3.63) is 59.5 Å². The first-order valence-electron chi connectivity index (χ1n) is 9.95. The number of hydrogen-bond acceptors (Lipinski definition) is 1. The summed E-state index contributed by atoms with van der Waals surface area (Å²) in [5.74, 6) is -0.757. The van der Waals surface area contributed by atoms with Crippen molar-refractivity contribution in [1.29, 1.82) is 5.26 Å². The number of nitrogens with zero attached hydrogens (tertiary/aromatic N) is 1. The van der Waals surface area contributed by atoms with E-state index in [-0.39, 0.29) is 0 Å². The summed E-state index contributed by atoms with van der Waals surface area (Å²) in [6.07, 6.45) is 16.0. The fraction of sp³-hybridized carbons (Fsp3) is 0.522. The Hall–Kier alpha value is -2.02. The zero-order valence-corrected chi connectivity index (χ0v) is 15.8. The largest absolute Gasteiger partial charge is 0.204 e. The van der Waals surface area contributed by atoms with Gasteiger partial charge in [-0.15, -0.1) is 0 Å². The predicted molar refractivity (Wildman–Crippen MR) is 103 cm³/mol. The van der Waals surface area contributed by atoms with E-state index in [1.807, 2.05) is 6.08 Å². The van der Waals surface area contributed by atoms with E-state index in [1.54, 1.807) is 12.1 Å². The first-order chi connectivity index (χ1) is 13.1. The molecule has 0 atom stereocenters. The molecule has 4 heteroatoms. The second-order valence-corrected chi connectivity index (χ2v) is 7.51. The number of halogens is 3. The summed E-state index contributed by atoms with van der Waals surface area (Å²) in [6.45, 7) is 0. The van der Waals surface area contributed by atoms with E-state index in [9.17, 15) is 13.2 Å². The van der Waals surface area contributed by atoms with Crippen LogP contribution < -0.4 is 0 Å². The van der Waals surface area contributed by atoms with Crippen molar-refractivity contribution in [1.82, 2.24) is 0 Å². The van der Waals surface area contributed by atoms with Crippen LogP contribution in [0.1, 0.15) is 63.4 Å². The molecule has 1 nitrogen and oxygen atoms in total. The van der Waals surface area contributed by atoms with Crippen LogP contribution in [0.2, 0.25) is 0 Å². The molecule has 0 saturated heterocycles. The molecule has 1 aromatic carbocycles. The molecule has 0 amide bonds. The Labute approximate surface area is 160 Å². The second kappa shape index (κ2) is 11.6. The van der Waals surface area contributed by atoms with E-state index in [1.165, 1.54) is 56.4 Å². The quantitative estimate of drug-likeness (QED) is 0.254. The highest BCUT2D eigenvalue weighted by atomic mass is 19.2. The molecule has 1 aliphatic carbocycles. The molecular formula is C23H28F3N. The second-order valence-electron chi connectivity index (χ2n) is 7.51. The minimum atomic E-state index is -0.781. The summed E-state index contributed by atoms with van der Waals surface area (Å²) >= 11 is 0. The predicted octanol–water partition coefficient (Wildman–Crippen LogP) is 7.20. The van der Waals surface area contributed by atoms with Gasteiger partial charge in [0.05, 0.1) is 0 Å². The minimum Gasteiger partial charge on any atom is -0.204 e. The molecule has 0 N–H and O–H groups in total. The van der Waals surface area contributed by atoms with Crippen LogP contribution in [-0.2, 0) is 6.42 Å². The lowest BCUT2D eigenvalue weighted by atomic mass is 9.78. The smallest absolute Gasteiger partial charge is 0.199 e. The molecule has 0 bridgehead atoms. The topological polar surface area (TPSA) is 23.8 Å². The maximum absolute atomic E-state index is 13.2. The first-order valence-corrected chi connectivity index (χ1v) is 9.95. The maximum atomic E-state index is 13.2. The highest BCUT2D eigenvalue weighted by molar-refractivity contribution is 5.19. The Bertz CT molecular complexity index is 679. The Kier molecular flexibility index (Phi) is 9.18. The van der Waals surface area contributed by atoms with Crippen LogP contribution in [0, 0.1) is 34.8 Å². The molecule has 0 unspecified atom stereocenters. The third kappa shape index (κ3) is 8.03. The fourth-order valence-corrected chi connectivity index (χ4v) is 3.88. The summed E-state index contributed by atoms with van der Waals surface area (Å²) < 4.78 is 38.7. The number of unbranched alkanes of at least 4 members (excludes halogenated alkanes) is 1. The van der Waals surface area contributed by atoms with Gasteiger partial charge in [-0.2, -0.15) is 9.65 Å². The van der Waals surface area contributed by atoms with Gasteiger partial charge in [-0.25, -0.2) is 8.78 Å². The zero-order chi connectivity index (χ0) is 19.5. The van der Waals surface area contributed by atoms with Gasteiger partial charge in [0.25, 0.3) is 0 Å². The van der Waals surface area contributed by atoms with E-state index in [0.717, 1.165) is 49.5 Å². The third-order valence-corrected chi connectivity index (χ3v) is 5.51. The third-order valence-electron chi connectivity index (χ3n) is 5.51. The Morgan fingerprint density at radius 2 is 1.74 bits per heavy atom. The van der Waals surface area contributed by atoms with Gasteiger partial charge in [-0.1, -0.05) is 56.7 Å². The van der Waals surface area contributed by atoms with Crippen LogP contribution in [0.15, 0.2) is 42.3 Å². The van der Waals surface area contributed by atoms with Gasteiger partial charge in [0.2, 0.25) is 0 Å². The molecule has 1 saturated carbocycles. The number of nitriles is 1. The van der Waals surface area contributed by atoms with E-state index < -0.39 is 17.5 Å². The number of rotatable bonds is 9. The van der Waals surface area contributed by atoms with Crippen LogP contribution in [0.3, 0.4) is 0 Å². The number of hydrogen-bond donors (Lipinski definition) is 0. The highest BCUT2D eigenvalue weighted by Crippen LogP contribution is 2.34. The minimum absolute atomic E-state index is 0.748. The van der Waals surface area contributed by atoms with E-state index >= 15 is 0 Å². The maximum Gasteiger partial charge on any atom is 0.199 e. The summed E-state index contributed by atoms with van der Waals surface area (Å²) in [5.41, 5.74) is 0.871. The Morgan fingerprint density at radius 3 is 2.41 bits per heavy atom. The summed E-state index contributed by atoms with van der Waals surface area (Å²) in [7, 11) is 0. The van der Waals surface area contributed by atoms with Crippen molar-refractivity contribution < 1.29 is 13.2 Å². The molecule has 1 fully saturated rings. The summed E-state index contributed by atoms with van der Waals surface area (Å²) in [6, 6.07) is 5.64. The summed E-state index contributed by atoms with van der Waals surface area (Å²) in [4.78, 5) is 0. The van der Waals surface area contributed by atoms with Gasteiger partial charge in [0.1, 0.15) is 6.07 Å². The van der Waals surface area contributed by atoms with Crippen LogP contribution in [-0.4, -0.2) is 0 Å². The van der Waals surface area contributed by atoms with Crippen LogP contribution in [0.5, 0.6) is 0 Å². The van der Waals surface area contributed by atoms with Crippen LogP contribution >= 0.6 is 0 Å². The van der Waals surface area contributed by atoms with Crippen molar-refractivity contribution in [3.8, 4) is 6.07 Å². The normalized spacial score (nSPS) is 20.7. The number of aryl methyl sites for hydroxylation is 1. The lowest BCUT2D eigenvalue weighted by molar-refractivity contribution is 0.250. The molecule has 0 aliphatic heterocycles. The van der Waals surface area contributed by atoms with Crippen LogP contribution in [0.4, 0.5) is 13.2 Å². The van der Waals surface area contributed by atoms with Gasteiger partial charge in [0.15, 0.2) is 17.5 Å². The van der Waals surface area contributed by atoms with Crippen molar-refractivity contribution in [2.45, 2.75) is 64.2 Å². The van der Waals surface area contributed by atoms with Crippen molar-refractivity contribution >= 4 is 0 Å². The SMILES string of the molecule is N#C/C(F)=C/C=C/CC[C@H]1CC[C@H](CCCCc2ccc(F)c(F)c2)CC1. The van der Waals surface area contributed by atoms with Crippen molar-refractivity contribution in [2.24, 2.45) is 11.8 Å². The van der Waals surface area contributed by atoms with Gasteiger partial charge < -0.3 is 0 Å². The average Bonchev–Trinajstić information content (AvgIpc) is 2.68. The van der Waals surface area contributed by atoms with Gasteiger partial charge in [-0.05, 0) is 61.3 Å². The molecule has 1 aliphatic rings. The van der Waals surface area contributed by atoms with E-state index in [2.05, 4.69) is 0 Å². The molecule has 2 rings (SSSR count). The van der Waals surface area contributed by atoms with E-state index in [4.69, 9.17) is 5.26 Å². The van der Waals surface area contributed by atoms with E-state index in [0.29, 0.717) is 0 Å². The van der Waals surface area contributed by atoms with Gasteiger partial charge in [-0.3, -0.25) is 0 Å². The zero-order valence-electron chi connectivity index (χ0n) is 15.8. The lowest BCUT2D eigenvalue weighted by Crippen LogP contribution is -2.14. The lowest BCUT2D eigenvalue weighted by Gasteiger charge is -2.28. The average molecular weight is 375 g/mol. The monoisotopic (exact) mass is 375 g/mol. The first kappa shape index (κ1) is 21.3.